The number of aromatic nitrogens is 5. The second-order valence-corrected chi connectivity index (χ2v) is 9.88. The Balaban J connectivity index is 1.49. The fourth-order valence-electron chi connectivity index (χ4n) is 4.63. The Morgan fingerprint density at radius 1 is 0.977 bits per heavy atom. The molecule has 2 amide bonds. The number of halogens is 1. The van der Waals surface area contributed by atoms with E-state index in [2.05, 4.69) is 25.7 Å². The molecule has 1 unspecified atom stereocenters. The van der Waals surface area contributed by atoms with Gasteiger partial charge >= 0.3 is 0 Å². The molecule has 0 spiro atoms. The van der Waals surface area contributed by atoms with Crippen molar-refractivity contribution in [2.24, 2.45) is 0 Å². The molecule has 0 aliphatic carbocycles. The van der Waals surface area contributed by atoms with Gasteiger partial charge in [0, 0.05) is 30.2 Å². The van der Waals surface area contributed by atoms with E-state index in [-0.39, 0.29) is 30.6 Å². The van der Waals surface area contributed by atoms with Crippen molar-refractivity contribution in [1.29, 1.82) is 0 Å². The van der Waals surface area contributed by atoms with E-state index in [1.807, 2.05) is 56.3 Å². The Labute approximate surface area is 248 Å². The van der Waals surface area contributed by atoms with E-state index < -0.39 is 11.9 Å². The Hall–Kier alpha value is -5.45. The fraction of sp³-hybridized carbons (Fsp3) is 0.188. The summed E-state index contributed by atoms with van der Waals surface area (Å²) in [6.45, 7) is 3.80. The maximum atomic E-state index is 14.2. The lowest BCUT2D eigenvalue weighted by atomic mass is 10.0. The summed E-state index contributed by atoms with van der Waals surface area (Å²) >= 11 is 0. The topological polar surface area (TPSA) is 115 Å². The van der Waals surface area contributed by atoms with Crippen LogP contribution in [0.1, 0.15) is 28.3 Å². The van der Waals surface area contributed by atoms with Crippen LogP contribution in [-0.4, -0.2) is 44.1 Å². The largest absolute Gasteiger partial charge is 0.497 e. The SMILES string of the molecule is COc1ccc(CNC(=O)C(c2ccncc2)N(C(=O)Cn2nnc(-c3ccc(F)cc3)n2)c2cccc(C)c2C)cc1. The molecule has 0 fully saturated rings. The maximum absolute atomic E-state index is 14.2. The Kier molecular flexibility index (Phi) is 8.80. The molecular weight excluding hydrogens is 549 g/mol. The highest BCUT2D eigenvalue weighted by molar-refractivity contribution is 6.01. The standard InChI is InChI=1S/C32H30FN7O3/c1-21-5-4-6-28(22(21)2)40(29(41)20-39-37-31(36-38-39)25-9-11-26(33)12-10-25)30(24-15-17-34-18-16-24)32(42)35-19-23-7-13-27(43-3)14-8-23/h4-18,30H,19-20H2,1-3H3,(H,35,42). The number of ether oxygens (including phenoxy) is 1. The van der Waals surface area contributed by atoms with Crippen LogP contribution in [0.2, 0.25) is 0 Å². The summed E-state index contributed by atoms with van der Waals surface area (Å²) in [6.07, 6.45) is 3.16. The predicted octanol–water partition coefficient (Wildman–Crippen LogP) is 4.59. The van der Waals surface area contributed by atoms with Crippen molar-refractivity contribution >= 4 is 17.5 Å². The molecule has 1 atom stereocenters. The summed E-state index contributed by atoms with van der Waals surface area (Å²) in [5, 5.41) is 15.4. The zero-order chi connectivity index (χ0) is 30.3. The van der Waals surface area contributed by atoms with Crippen LogP contribution in [-0.2, 0) is 22.7 Å². The molecule has 3 aromatic carbocycles. The number of methoxy groups -OCH3 is 1. The minimum Gasteiger partial charge on any atom is -0.497 e. The van der Waals surface area contributed by atoms with Crippen LogP contribution in [0.3, 0.4) is 0 Å². The van der Waals surface area contributed by atoms with E-state index in [4.69, 9.17) is 4.74 Å². The van der Waals surface area contributed by atoms with Gasteiger partial charge in [-0.2, -0.15) is 4.80 Å². The molecule has 5 aromatic rings. The molecule has 11 heteroatoms. The van der Waals surface area contributed by atoms with Gasteiger partial charge in [-0.05, 0) is 95.9 Å². The maximum Gasteiger partial charge on any atom is 0.251 e. The van der Waals surface area contributed by atoms with Crippen molar-refractivity contribution in [3.63, 3.8) is 0 Å². The molecule has 0 bridgehead atoms. The van der Waals surface area contributed by atoms with Crippen molar-refractivity contribution in [2.75, 3.05) is 12.0 Å². The third-order valence-electron chi connectivity index (χ3n) is 7.09. The van der Waals surface area contributed by atoms with Gasteiger partial charge in [-0.3, -0.25) is 19.5 Å². The van der Waals surface area contributed by atoms with Crippen LogP contribution in [0.15, 0.2) is 91.3 Å². The molecule has 218 valence electrons. The lowest BCUT2D eigenvalue weighted by molar-refractivity contribution is -0.127. The minimum atomic E-state index is -1.03. The van der Waals surface area contributed by atoms with E-state index in [1.54, 1.807) is 31.6 Å². The van der Waals surface area contributed by atoms with Crippen LogP contribution in [0.25, 0.3) is 11.4 Å². The normalized spacial score (nSPS) is 11.5. The van der Waals surface area contributed by atoms with Crippen LogP contribution in [0.5, 0.6) is 5.75 Å². The second-order valence-electron chi connectivity index (χ2n) is 9.88. The van der Waals surface area contributed by atoms with Crippen LogP contribution in [0, 0.1) is 19.7 Å². The third-order valence-corrected chi connectivity index (χ3v) is 7.09. The molecule has 43 heavy (non-hydrogen) atoms. The zero-order valence-electron chi connectivity index (χ0n) is 23.9. The van der Waals surface area contributed by atoms with Gasteiger partial charge in [0.25, 0.3) is 5.91 Å². The van der Waals surface area contributed by atoms with Gasteiger partial charge in [-0.25, -0.2) is 4.39 Å². The number of tetrazole rings is 1. The van der Waals surface area contributed by atoms with E-state index in [0.717, 1.165) is 21.5 Å². The number of hydrogen-bond donors (Lipinski definition) is 1. The number of carbonyl (C=O) groups excluding carboxylic acids is 2. The van der Waals surface area contributed by atoms with Gasteiger partial charge in [-0.15, -0.1) is 10.2 Å². The molecule has 0 aliphatic rings. The number of nitrogens with zero attached hydrogens (tertiary/aromatic N) is 6. The summed E-state index contributed by atoms with van der Waals surface area (Å²) in [5.74, 6) is -0.245. The smallest absolute Gasteiger partial charge is 0.251 e. The molecule has 2 heterocycles. The number of hydrogen-bond acceptors (Lipinski definition) is 7. The first kappa shape index (κ1) is 29.1. The summed E-state index contributed by atoms with van der Waals surface area (Å²) in [6, 6.07) is 21.0. The van der Waals surface area contributed by atoms with Gasteiger partial charge < -0.3 is 10.1 Å². The number of carbonyl (C=O) groups is 2. The first-order chi connectivity index (χ1) is 20.8. The number of amides is 2. The molecule has 0 saturated heterocycles. The van der Waals surface area contributed by atoms with Gasteiger partial charge in [0.15, 0.2) is 0 Å². The number of benzene rings is 3. The van der Waals surface area contributed by atoms with Gasteiger partial charge in [0.1, 0.15) is 24.2 Å². The summed E-state index contributed by atoms with van der Waals surface area (Å²) in [4.78, 5) is 34.9. The molecule has 0 aliphatic heterocycles. The molecule has 5 rings (SSSR count). The van der Waals surface area contributed by atoms with Crippen molar-refractivity contribution in [1.82, 2.24) is 30.5 Å². The quantitative estimate of drug-likeness (QED) is 0.257. The second kappa shape index (κ2) is 13.0. The fourth-order valence-corrected chi connectivity index (χ4v) is 4.63. The van der Waals surface area contributed by atoms with Crippen LogP contribution in [0.4, 0.5) is 10.1 Å². The van der Waals surface area contributed by atoms with E-state index in [9.17, 15) is 14.0 Å². The number of aryl methyl sites for hydroxylation is 1. The lowest BCUT2D eigenvalue weighted by Crippen LogP contribution is -2.45. The summed E-state index contributed by atoms with van der Waals surface area (Å²) in [7, 11) is 1.59. The van der Waals surface area contributed by atoms with Crippen molar-refractivity contribution in [3.05, 3.63) is 119 Å². The number of pyridine rings is 1. The number of nitrogens with one attached hydrogen (secondary N) is 1. The van der Waals surface area contributed by atoms with Gasteiger partial charge in [0.05, 0.1) is 7.11 Å². The monoisotopic (exact) mass is 579 g/mol. The van der Waals surface area contributed by atoms with Crippen molar-refractivity contribution < 1.29 is 18.7 Å². The molecule has 1 N–H and O–H groups in total. The third kappa shape index (κ3) is 6.72. The summed E-state index contributed by atoms with van der Waals surface area (Å²) < 4.78 is 18.6. The first-order valence-electron chi connectivity index (χ1n) is 13.6. The Bertz CT molecular complexity index is 1710. The van der Waals surface area contributed by atoms with Crippen molar-refractivity contribution in [2.45, 2.75) is 33.0 Å². The molecule has 0 saturated carbocycles. The highest BCUT2D eigenvalue weighted by Crippen LogP contribution is 2.32. The zero-order valence-corrected chi connectivity index (χ0v) is 23.9. The number of anilines is 1. The molecule has 2 aromatic heterocycles. The van der Waals surface area contributed by atoms with Gasteiger partial charge in [-0.1, -0.05) is 24.3 Å². The minimum absolute atomic E-state index is 0.241. The molecular formula is C32H30FN7O3. The van der Waals surface area contributed by atoms with Crippen molar-refractivity contribution in [3.8, 4) is 17.1 Å². The first-order valence-corrected chi connectivity index (χ1v) is 13.6. The molecule has 10 nitrogen and oxygen atoms in total. The Morgan fingerprint density at radius 2 is 1.70 bits per heavy atom. The predicted molar refractivity (Wildman–Crippen MR) is 158 cm³/mol. The average molecular weight is 580 g/mol. The lowest BCUT2D eigenvalue weighted by Gasteiger charge is -2.32. The highest BCUT2D eigenvalue weighted by atomic mass is 19.1. The number of rotatable bonds is 10. The average Bonchev–Trinajstić information content (AvgIpc) is 3.49. The van der Waals surface area contributed by atoms with E-state index >= 15 is 0 Å². The summed E-state index contributed by atoms with van der Waals surface area (Å²) in [5.41, 5.74) is 4.38. The highest BCUT2D eigenvalue weighted by Gasteiger charge is 2.34. The molecule has 0 radical (unpaired) electrons. The van der Waals surface area contributed by atoms with Crippen LogP contribution >= 0.6 is 0 Å². The Morgan fingerprint density at radius 3 is 2.40 bits per heavy atom. The van der Waals surface area contributed by atoms with E-state index in [1.165, 1.54) is 29.2 Å². The van der Waals surface area contributed by atoms with Gasteiger partial charge in [0.2, 0.25) is 11.7 Å². The van der Waals surface area contributed by atoms with Crippen LogP contribution < -0.4 is 15.0 Å². The van der Waals surface area contributed by atoms with E-state index in [0.29, 0.717) is 22.6 Å².